The van der Waals surface area contributed by atoms with Crippen molar-refractivity contribution in [1.29, 1.82) is 0 Å². The lowest BCUT2D eigenvalue weighted by atomic mass is 9.33. The number of hydrogen-bond acceptors (Lipinski definition) is 10. The Balaban J connectivity index is 1.11. The molecule has 314 valence electrons. The largest absolute Gasteiger partial charge is 0.450 e. The van der Waals surface area contributed by atoms with Gasteiger partial charge < -0.3 is 45.1 Å². The monoisotopic (exact) mass is 789 g/mol. The smallest absolute Gasteiger partial charge is 0.331 e. The van der Waals surface area contributed by atoms with Crippen molar-refractivity contribution in [2.24, 2.45) is 69.5 Å². The van der Waals surface area contributed by atoms with E-state index in [1.54, 1.807) is 13.2 Å². The number of methoxy groups -OCH3 is 1. The fraction of sp³-hybridized carbons (Fsp3) is 0.830. The number of allylic oxidation sites excluding steroid dienone is 3. The molecule has 0 bridgehead atoms. The fourth-order valence-corrected chi connectivity index (χ4v) is 17.3. The summed E-state index contributed by atoms with van der Waals surface area (Å²) < 4.78 is 11.2. The minimum absolute atomic E-state index is 0.0848. The van der Waals surface area contributed by atoms with Crippen LogP contribution in [0.25, 0.3) is 0 Å². The van der Waals surface area contributed by atoms with Gasteiger partial charge in [-0.2, -0.15) is 0 Å². The van der Waals surface area contributed by atoms with E-state index in [1.165, 1.54) is 25.7 Å². The molecule has 0 saturated heterocycles. The summed E-state index contributed by atoms with van der Waals surface area (Å²) in [5, 5.41) is 71.2. The molecule has 1 aliphatic heterocycles. The standard InChI is InChI=1S/C47H67NO9/c1-42-16-13-36-44(26-49)25-43(14-5-6-15-43)40(51)34-20-28-11-7-12-31(27-9-3-4-10-27)32(28)21-35(46(34,44)54)41(52)47(36,55)45(42,53)23-29-19-30(24-48-17-8-18-56-2)39-33(38(29)42)22-37(50)57-39/h7,11,19,22,26-29,31-32,34-36,38-41,48,51-55H,3-6,8-10,12-18,20-21,23-25H2,1-2H3. The average Bonchev–Trinajstić information content (AvgIpc) is 4.00. The summed E-state index contributed by atoms with van der Waals surface area (Å²) >= 11 is 0. The van der Waals surface area contributed by atoms with Crippen LogP contribution in [0.3, 0.4) is 0 Å². The third-order valence-corrected chi connectivity index (χ3v) is 19.5. The van der Waals surface area contributed by atoms with Crippen LogP contribution in [0.4, 0.5) is 0 Å². The van der Waals surface area contributed by atoms with E-state index < -0.39 is 75.1 Å². The molecule has 0 radical (unpaired) electrons. The first-order chi connectivity index (χ1) is 27.3. The Morgan fingerprint density at radius 1 is 0.947 bits per heavy atom. The van der Waals surface area contributed by atoms with Gasteiger partial charge in [-0.25, -0.2) is 4.79 Å². The van der Waals surface area contributed by atoms with Crippen LogP contribution in [-0.2, 0) is 19.1 Å². The normalized spacial score (nSPS) is 51.8. The quantitative estimate of drug-likeness (QED) is 0.0890. The molecular formula is C47H67NO9. The highest BCUT2D eigenvalue weighted by atomic mass is 16.5. The Morgan fingerprint density at radius 2 is 1.70 bits per heavy atom. The maximum absolute atomic E-state index is 14.5. The first-order valence-corrected chi connectivity index (χ1v) is 22.8. The minimum Gasteiger partial charge on any atom is -0.450 e. The van der Waals surface area contributed by atoms with Crippen molar-refractivity contribution < 1.29 is 44.6 Å². The van der Waals surface area contributed by atoms with Crippen LogP contribution in [0.15, 0.2) is 35.5 Å². The molecule has 7 fully saturated rings. The summed E-state index contributed by atoms with van der Waals surface area (Å²) in [5.41, 5.74) is -7.05. The molecule has 16 unspecified atom stereocenters. The van der Waals surface area contributed by atoms with Crippen molar-refractivity contribution in [1.82, 2.24) is 5.32 Å². The summed E-state index contributed by atoms with van der Waals surface area (Å²) in [5.74, 6) is -2.36. The maximum Gasteiger partial charge on any atom is 0.331 e. The molecule has 9 aliphatic carbocycles. The van der Waals surface area contributed by atoms with Crippen molar-refractivity contribution >= 4 is 12.3 Å². The molecule has 6 N–H and O–H groups in total. The van der Waals surface area contributed by atoms with E-state index in [0.29, 0.717) is 50.7 Å². The predicted octanol–water partition coefficient (Wildman–Crippen LogP) is 4.56. The number of fused-ring (bicyclic) bond motifs is 9. The highest BCUT2D eigenvalue weighted by Crippen LogP contribution is 2.78. The lowest BCUT2D eigenvalue weighted by molar-refractivity contribution is -0.382. The number of carbonyl (C=O) groups excluding carboxylic acids is 2. The van der Waals surface area contributed by atoms with E-state index in [-0.39, 0.29) is 36.5 Å². The van der Waals surface area contributed by atoms with E-state index in [9.17, 15) is 35.1 Å². The van der Waals surface area contributed by atoms with Gasteiger partial charge in [0, 0.05) is 49.5 Å². The summed E-state index contributed by atoms with van der Waals surface area (Å²) in [6, 6.07) is 0. The molecule has 1 spiro atoms. The van der Waals surface area contributed by atoms with Crippen LogP contribution in [0.2, 0.25) is 0 Å². The molecule has 57 heavy (non-hydrogen) atoms. The summed E-state index contributed by atoms with van der Waals surface area (Å²) in [6.07, 6.45) is 18.4. The number of ether oxygens (including phenoxy) is 2. The van der Waals surface area contributed by atoms with Crippen molar-refractivity contribution in [2.75, 3.05) is 26.8 Å². The van der Waals surface area contributed by atoms with Gasteiger partial charge in [0.2, 0.25) is 0 Å². The fourth-order valence-electron chi connectivity index (χ4n) is 17.3. The molecule has 7 saturated carbocycles. The zero-order chi connectivity index (χ0) is 39.8. The number of hydrogen-bond donors (Lipinski definition) is 6. The lowest BCUT2D eigenvalue weighted by Crippen LogP contribution is -2.86. The van der Waals surface area contributed by atoms with E-state index >= 15 is 0 Å². The van der Waals surface area contributed by atoms with Gasteiger partial charge in [0.15, 0.2) is 0 Å². The number of esters is 1. The Morgan fingerprint density at radius 3 is 2.44 bits per heavy atom. The van der Waals surface area contributed by atoms with Gasteiger partial charge in [-0.3, -0.25) is 0 Å². The van der Waals surface area contributed by atoms with Gasteiger partial charge in [0.05, 0.1) is 23.2 Å². The Labute approximate surface area is 337 Å². The molecule has 10 rings (SSSR count). The number of aliphatic hydroxyl groups is 5. The maximum atomic E-state index is 14.5. The topological polar surface area (TPSA) is 166 Å². The zero-order valence-electron chi connectivity index (χ0n) is 34.1. The van der Waals surface area contributed by atoms with Crippen LogP contribution < -0.4 is 5.32 Å². The highest BCUT2D eigenvalue weighted by Gasteiger charge is 2.86. The SMILES string of the molecule is COCCCNCC1=CC2CC3(O)C(C)(CCC4C5(C=O)CC6(CCCC6)C(O)C6CC7C=CCC(C8CCCC8)C7CC(C(O)C43O)C65O)C2C2=CC(=O)OC12. The van der Waals surface area contributed by atoms with Gasteiger partial charge in [-0.05, 0) is 123 Å². The first-order valence-electron chi connectivity index (χ1n) is 22.8. The Kier molecular flexibility index (Phi) is 9.32. The second kappa shape index (κ2) is 13.5. The third kappa shape index (κ3) is 4.95. The van der Waals surface area contributed by atoms with Crippen LogP contribution >= 0.6 is 0 Å². The lowest BCUT2D eigenvalue weighted by Gasteiger charge is -2.74. The molecule has 10 nitrogen and oxygen atoms in total. The molecule has 0 aromatic heterocycles. The predicted molar refractivity (Wildman–Crippen MR) is 211 cm³/mol. The molecule has 0 aromatic rings. The van der Waals surface area contributed by atoms with Gasteiger partial charge in [0.1, 0.15) is 23.6 Å². The van der Waals surface area contributed by atoms with Crippen LogP contribution in [0.5, 0.6) is 0 Å². The summed E-state index contributed by atoms with van der Waals surface area (Å²) in [4.78, 5) is 27.6. The number of rotatable bonds is 8. The average molecular weight is 790 g/mol. The second-order valence-corrected chi connectivity index (χ2v) is 21.3. The van der Waals surface area contributed by atoms with Crippen LogP contribution in [0.1, 0.15) is 110 Å². The summed E-state index contributed by atoms with van der Waals surface area (Å²) in [6.45, 7) is 3.88. The number of aliphatic hydroxyl groups excluding tert-OH is 2. The highest BCUT2D eigenvalue weighted by molar-refractivity contribution is 5.87. The molecule has 1 heterocycles. The summed E-state index contributed by atoms with van der Waals surface area (Å²) in [7, 11) is 1.68. The van der Waals surface area contributed by atoms with Gasteiger partial charge in [0.25, 0.3) is 0 Å². The van der Waals surface area contributed by atoms with Crippen LogP contribution in [-0.4, -0.2) is 99.7 Å². The molecule has 10 heteroatoms. The zero-order valence-corrected chi connectivity index (χ0v) is 34.1. The molecular weight excluding hydrogens is 723 g/mol. The Hall–Kier alpha value is -1.92. The van der Waals surface area contributed by atoms with E-state index in [2.05, 4.69) is 23.5 Å². The van der Waals surface area contributed by atoms with Crippen molar-refractivity contribution in [3.05, 3.63) is 35.5 Å². The van der Waals surface area contributed by atoms with Crippen LogP contribution in [0, 0.1) is 69.5 Å². The minimum atomic E-state index is -2.14. The number of aldehydes is 1. The molecule has 16 atom stereocenters. The Bertz CT molecular complexity index is 1730. The van der Waals surface area contributed by atoms with Crippen molar-refractivity contribution in [3.63, 3.8) is 0 Å². The third-order valence-electron chi connectivity index (χ3n) is 19.5. The van der Waals surface area contributed by atoms with Gasteiger partial charge in [-0.15, -0.1) is 0 Å². The molecule has 0 amide bonds. The number of carbonyl (C=O) groups is 2. The van der Waals surface area contributed by atoms with Crippen molar-refractivity contribution in [2.45, 2.75) is 145 Å². The van der Waals surface area contributed by atoms with E-state index in [1.807, 2.05) is 6.92 Å². The molecule has 0 aromatic carbocycles. The molecule has 10 aliphatic rings. The van der Waals surface area contributed by atoms with Gasteiger partial charge in [-0.1, -0.05) is 63.7 Å². The van der Waals surface area contributed by atoms with E-state index in [4.69, 9.17) is 9.47 Å². The second-order valence-electron chi connectivity index (χ2n) is 21.3. The number of nitrogens with one attached hydrogen (secondary N) is 1. The first kappa shape index (κ1) is 39.2. The van der Waals surface area contributed by atoms with E-state index in [0.717, 1.165) is 62.5 Å². The van der Waals surface area contributed by atoms with Crippen molar-refractivity contribution in [3.8, 4) is 0 Å². The van der Waals surface area contributed by atoms with Gasteiger partial charge >= 0.3 is 5.97 Å².